The van der Waals surface area contributed by atoms with Gasteiger partial charge in [-0.05, 0) is 55.6 Å². The molecular formula is C21H21Cl2F2N3O3. The van der Waals surface area contributed by atoms with Crippen molar-refractivity contribution in [1.29, 1.82) is 0 Å². The van der Waals surface area contributed by atoms with Gasteiger partial charge in [-0.1, -0.05) is 23.7 Å². The molecule has 166 valence electrons. The minimum Gasteiger partial charge on any atom is -0.436 e. The van der Waals surface area contributed by atoms with E-state index in [0.29, 0.717) is 24.9 Å². The SMILES string of the molecule is Cl.N[C@@H](Cc1ccc(F)cc1)C(=O)N1C(=O)O[C@]2(CCCNC2)c2c1ccc(Cl)c2F. The summed E-state index contributed by atoms with van der Waals surface area (Å²) in [6, 6.07) is 7.14. The fourth-order valence-corrected chi connectivity index (χ4v) is 4.19. The number of carbonyl (C=O) groups excluding carboxylic acids is 2. The summed E-state index contributed by atoms with van der Waals surface area (Å²) in [5.41, 5.74) is 5.59. The number of nitrogens with one attached hydrogen (secondary N) is 1. The molecule has 1 saturated heterocycles. The molecule has 0 saturated carbocycles. The van der Waals surface area contributed by atoms with Crippen LogP contribution in [0.25, 0.3) is 0 Å². The molecule has 1 fully saturated rings. The van der Waals surface area contributed by atoms with E-state index >= 15 is 4.39 Å². The van der Waals surface area contributed by atoms with Crippen LogP contribution >= 0.6 is 24.0 Å². The lowest BCUT2D eigenvalue weighted by Crippen LogP contribution is -2.57. The molecule has 0 radical (unpaired) electrons. The second-order valence-electron chi connectivity index (χ2n) is 7.51. The van der Waals surface area contributed by atoms with Gasteiger partial charge in [0, 0.05) is 6.54 Å². The Morgan fingerprint density at radius 2 is 1.97 bits per heavy atom. The summed E-state index contributed by atoms with van der Waals surface area (Å²) in [5.74, 6) is -1.88. The van der Waals surface area contributed by atoms with Crippen molar-refractivity contribution in [2.24, 2.45) is 5.73 Å². The van der Waals surface area contributed by atoms with Gasteiger partial charge < -0.3 is 15.8 Å². The number of ether oxygens (including phenoxy) is 1. The lowest BCUT2D eigenvalue weighted by molar-refractivity contribution is -0.120. The highest BCUT2D eigenvalue weighted by Crippen LogP contribution is 2.46. The number of rotatable bonds is 3. The third-order valence-electron chi connectivity index (χ3n) is 5.49. The van der Waals surface area contributed by atoms with Crippen LogP contribution in [-0.4, -0.2) is 31.1 Å². The van der Waals surface area contributed by atoms with E-state index in [1.54, 1.807) is 0 Å². The van der Waals surface area contributed by atoms with Crippen molar-refractivity contribution in [3.8, 4) is 0 Å². The fraction of sp³-hybridized carbons (Fsp3) is 0.333. The van der Waals surface area contributed by atoms with Crippen molar-refractivity contribution in [2.45, 2.75) is 30.9 Å². The Hall–Kier alpha value is -2.26. The smallest absolute Gasteiger partial charge is 0.422 e. The van der Waals surface area contributed by atoms with Crippen molar-refractivity contribution in [3.63, 3.8) is 0 Å². The minimum absolute atomic E-state index is 0. The quantitative estimate of drug-likeness (QED) is 0.713. The number of amides is 2. The molecule has 10 heteroatoms. The highest BCUT2D eigenvalue weighted by Gasteiger charge is 2.50. The Labute approximate surface area is 189 Å². The highest BCUT2D eigenvalue weighted by atomic mass is 35.5. The van der Waals surface area contributed by atoms with Crippen LogP contribution in [0.1, 0.15) is 24.0 Å². The van der Waals surface area contributed by atoms with Gasteiger partial charge in [-0.25, -0.2) is 18.5 Å². The van der Waals surface area contributed by atoms with Crippen molar-refractivity contribution < 1.29 is 23.1 Å². The first kappa shape index (κ1) is 23.4. The first-order chi connectivity index (χ1) is 14.3. The molecule has 2 aliphatic heterocycles. The Morgan fingerprint density at radius 1 is 1.26 bits per heavy atom. The van der Waals surface area contributed by atoms with E-state index in [1.807, 2.05) is 0 Å². The minimum atomic E-state index is -1.24. The van der Waals surface area contributed by atoms with Crippen LogP contribution < -0.4 is 16.0 Å². The number of piperidine rings is 1. The van der Waals surface area contributed by atoms with Gasteiger partial charge in [-0.15, -0.1) is 12.4 Å². The van der Waals surface area contributed by atoms with Crippen molar-refractivity contribution in [3.05, 3.63) is 64.2 Å². The van der Waals surface area contributed by atoms with Gasteiger partial charge in [-0.2, -0.15) is 0 Å². The topological polar surface area (TPSA) is 84.7 Å². The predicted molar refractivity (Wildman–Crippen MR) is 114 cm³/mol. The van der Waals surface area contributed by atoms with Gasteiger partial charge in [0.25, 0.3) is 5.91 Å². The van der Waals surface area contributed by atoms with Gasteiger partial charge in [0.05, 0.1) is 22.3 Å². The number of hydrogen-bond acceptors (Lipinski definition) is 5. The van der Waals surface area contributed by atoms with Crippen molar-refractivity contribution in [2.75, 3.05) is 18.0 Å². The first-order valence-corrected chi connectivity index (χ1v) is 9.96. The molecule has 2 aromatic carbocycles. The van der Waals surface area contributed by atoms with Crippen LogP contribution in [0.4, 0.5) is 19.3 Å². The molecule has 1 spiro atoms. The summed E-state index contributed by atoms with van der Waals surface area (Å²) in [5, 5.41) is 2.99. The van der Waals surface area contributed by atoms with Gasteiger partial charge in [0.15, 0.2) is 11.4 Å². The average Bonchev–Trinajstić information content (AvgIpc) is 2.72. The van der Waals surface area contributed by atoms with E-state index in [9.17, 15) is 14.0 Å². The largest absolute Gasteiger partial charge is 0.436 e. The normalized spacial score (nSPS) is 21.2. The summed E-state index contributed by atoms with van der Waals surface area (Å²) in [4.78, 5) is 26.7. The standard InChI is InChI=1S/C21H20ClF2N3O3.ClH/c22-14-6-7-16-17(18(14)24)21(8-1-9-26-11-21)30-20(29)27(16)19(28)15(25)10-12-2-4-13(23)5-3-12;/h2-7,15,26H,1,8-11,25H2;1H/t15-,21-;/m0./s1. The number of hydrogen-bond donors (Lipinski definition) is 2. The van der Waals surface area contributed by atoms with Gasteiger partial charge in [0.2, 0.25) is 0 Å². The summed E-state index contributed by atoms with van der Waals surface area (Å²) < 4.78 is 33.8. The number of halogens is 4. The lowest BCUT2D eigenvalue weighted by Gasteiger charge is -2.44. The molecule has 0 bridgehead atoms. The zero-order valence-electron chi connectivity index (χ0n) is 16.4. The molecule has 4 rings (SSSR count). The Kier molecular flexibility index (Phi) is 6.85. The molecule has 31 heavy (non-hydrogen) atoms. The number of benzene rings is 2. The average molecular weight is 472 g/mol. The second-order valence-corrected chi connectivity index (χ2v) is 7.92. The number of carbonyl (C=O) groups is 2. The van der Waals surface area contributed by atoms with Crippen LogP contribution in [0.3, 0.4) is 0 Å². The molecule has 0 aromatic heterocycles. The maximum Gasteiger partial charge on any atom is 0.422 e. The number of nitrogens with zero attached hydrogens (tertiary/aromatic N) is 1. The zero-order valence-corrected chi connectivity index (χ0v) is 17.9. The third kappa shape index (κ3) is 4.25. The van der Waals surface area contributed by atoms with Gasteiger partial charge in [-0.3, -0.25) is 4.79 Å². The van der Waals surface area contributed by atoms with Crippen LogP contribution in [0.5, 0.6) is 0 Å². The summed E-state index contributed by atoms with van der Waals surface area (Å²) in [7, 11) is 0. The van der Waals surface area contributed by atoms with Gasteiger partial charge >= 0.3 is 6.09 Å². The van der Waals surface area contributed by atoms with E-state index in [-0.39, 0.29) is 41.6 Å². The molecule has 2 atom stereocenters. The van der Waals surface area contributed by atoms with E-state index in [4.69, 9.17) is 22.1 Å². The zero-order chi connectivity index (χ0) is 21.5. The second kappa shape index (κ2) is 9.08. The molecular weight excluding hydrogens is 451 g/mol. The molecule has 3 N–H and O–H groups in total. The molecule has 2 aliphatic rings. The van der Waals surface area contributed by atoms with E-state index in [1.165, 1.54) is 36.4 Å². The fourth-order valence-electron chi connectivity index (χ4n) is 4.04. The lowest BCUT2D eigenvalue weighted by atomic mass is 9.83. The highest BCUT2D eigenvalue weighted by molar-refractivity contribution is 6.31. The molecule has 6 nitrogen and oxygen atoms in total. The van der Waals surface area contributed by atoms with Gasteiger partial charge in [0.1, 0.15) is 5.82 Å². The van der Waals surface area contributed by atoms with E-state index in [2.05, 4.69) is 5.32 Å². The molecule has 2 heterocycles. The van der Waals surface area contributed by atoms with Crippen molar-refractivity contribution in [1.82, 2.24) is 5.32 Å². The van der Waals surface area contributed by atoms with E-state index in [0.717, 1.165) is 4.90 Å². The summed E-state index contributed by atoms with van der Waals surface area (Å²) >= 11 is 6.00. The predicted octanol–water partition coefficient (Wildman–Crippen LogP) is 3.67. The van der Waals surface area contributed by atoms with Crippen LogP contribution in [-0.2, 0) is 21.6 Å². The Morgan fingerprint density at radius 3 is 2.61 bits per heavy atom. The first-order valence-electron chi connectivity index (χ1n) is 9.58. The molecule has 2 aromatic rings. The number of anilines is 1. The van der Waals surface area contributed by atoms with Crippen LogP contribution in [0, 0.1) is 11.6 Å². The maximum atomic E-state index is 15.1. The monoisotopic (exact) mass is 471 g/mol. The molecule has 2 amide bonds. The van der Waals surface area contributed by atoms with Crippen LogP contribution in [0.15, 0.2) is 36.4 Å². The molecule has 0 aliphatic carbocycles. The third-order valence-corrected chi connectivity index (χ3v) is 5.78. The molecule has 0 unspecified atom stereocenters. The number of fused-ring (bicyclic) bond motifs is 2. The Bertz CT molecular complexity index is 998. The Balaban J connectivity index is 0.00000272. The van der Waals surface area contributed by atoms with Crippen LogP contribution in [0.2, 0.25) is 5.02 Å². The number of nitrogens with two attached hydrogens (primary N) is 1. The van der Waals surface area contributed by atoms with Crippen molar-refractivity contribution >= 4 is 41.7 Å². The summed E-state index contributed by atoms with van der Waals surface area (Å²) in [6.07, 6.45) is 0.227. The summed E-state index contributed by atoms with van der Waals surface area (Å²) in [6.45, 7) is 0.925. The van der Waals surface area contributed by atoms with E-state index < -0.39 is 35.3 Å². The maximum absolute atomic E-state index is 15.1. The number of imide groups is 1.